The summed E-state index contributed by atoms with van der Waals surface area (Å²) in [6.07, 6.45) is 0. The molecule has 0 aliphatic rings. The molecule has 1 amide bonds. The van der Waals surface area contributed by atoms with Gasteiger partial charge in [-0.25, -0.2) is 4.39 Å². The van der Waals surface area contributed by atoms with E-state index in [0.717, 1.165) is 5.56 Å². The number of benzene rings is 2. The molecule has 0 fully saturated rings. The second kappa shape index (κ2) is 7.74. The van der Waals surface area contributed by atoms with Crippen LogP contribution in [0.3, 0.4) is 0 Å². The van der Waals surface area contributed by atoms with Crippen molar-refractivity contribution in [2.45, 2.75) is 6.04 Å². The summed E-state index contributed by atoms with van der Waals surface area (Å²) in [7, 11) is 5.30. The van der Waals surface area contributed by atoms with Crippen molar-refractivity contribution in [3.63, 3.8) is 0 Å². The molecular weight excluding hydrogens is 295 g/mol. The van der Waals surface area contributed by atoms with Crippen LogP contribution in [0.1, 0.15) is 22.0 Å². The van der Waals surface area contributed by atoms with E-state index in [1.165, 1.54) is 19.2 Å². The standard InChI is InChI=1S/C18H21FN2O2/c1-21(2)16(13-7-5-4-6-8-13)12-20-18(22)14-9-10-17(23-3)15(19)11-14/h4-11,16H,12H2,1-3H3,(H,20,22)/t16-/m0/s1. The summed E-state index contributed by atoms with van der Waals surface area (Å²) in [5.74, 6) is -0.737. The number of likely N-dealkylation sites (N-methyl/N-ethyl adjacent to an activating group) is 1. The first-order chi connectivity index (χ1) is 11.0. The number of hydrogen-bond donors (Lipinski definition) is 1. The van der Waals surface area contributed by atoms with Crippen molar-refractivity contribution in [2.75, 3.05) is 27.7 Å². The third-order valence-corrected chi connectivity index (χ3v) is 3.68. The number of methoxy groups -OCH3 is 1. The summed E-state index contributed by atoms with van der Waals surface area (Å²) in [6.45, 7) is 0.434. The number of nitrogens with one attached hydrogen (secondary N) is 1. The van der Waals surface area contributed by atoms with E-state index in [-0.39, 0.29) is 23.3 Å². The van der Waals surface area contributed by atoms with Gasteiger partial charge in [-0.3, -0.25) is 4.79 Å². The number of carbonyl (C=O) groups excluding carboxylic acids is 1. The minimum atomic E-state index is -0.549. The Morgan fingerprint density at radius 2 is 1.91 bits per heavy atom. The van der Waals surface area contributed by atoms with E-state index in [2.05, 4.69) is 5.32 Å². The van der Waals surface area contributed by atoms with Gasteiger partial charge in [0.05, 0.1) is 13.2 Å². The van der Waals surface area contributed by atoms with E-state index in [4.69, 9.17) is 4.74 Å². The Balaban J connectivity index is 2.06. The monoisotopic (exact) mass is 316 g/mol. The average Bonchev–Trinajstić information content (AvgIpc) is 2.55. The zero-order valence-corrected chi connectivity index (χ0v) is 13.5. The summed E-state index contributed by atoms with van der Waals surface area (Å²) in [5, 5.41) is 2.86. The van der Waals surface area contributed by atoms with E-state index >= 15 is 0 Å². The number of ether oxygens (including phenoxy) is 1. The minimum Gasteiger partial charge on any atom is -0.494 e. The van der Waals surface area contributed by atoms with Gasteiger partial charge in [-0.05, 0) is 37.9 Å². The second-order valence-corrected chi connectivity index (χ2v) is 5.45. The Bertz CT molecular complexity index is 659. The molecule has 1 N–H and O–H groups in total. The average molecular weight is 316 g/mol. The molecule has 0 unspecified atom stereocenters. The van der Waals surface area contributed by atoms with Gasteiger partial charge in [-0.1, -0.05) is 30.3 Å². The Morgan fingerprint density at radius 3 is 2.48 bits per heavy atom. The molecule has 0 saturated carbocycles. The lowest BCUT2D eigenvalue weighted by Crippen LogP contribution is -2.34. The summed E-state index contributed by atoms with van der Waals surface area (Å²) >= 11 is 0. The van der Waals surface area contributed by atoms with Crippen LogP contribution < -0.4 is 10.1 Å². The lowest BCUT2D eigenvalue weighted by Gasteiger charge is -2.25. The molecule has 122 valence electrons. The molecule has 0 heterocycles. The SMILES string of the molecule is COc1ccc(C(=O)NC[C@@H](c2ccccc2)N(C)C)cc1F. The van der Waals surface area contributed by atoms with Crippen LogP contribution in [0.2, 0.25) is 0 Å². The maximum Gasteiger partial charge on any atom is 0.251 e. The van der Waals surface area contributed by atoms with Gasteiger partial charge in [0.25, 0.3) is 5.91 Å². The molecule has 0 saturated heterocycles. The minimum absolute atomic E-state index is 0.0447. The number of amides is 1. The molecular formula is C18H21FN2O2. The normalized spacial score (nSPS) is 12.0. The molecule has 1 atom stereocenters. The zero-order chi connectivity index (χ0) is 16.8. The quantitative estimate of drug-likeness (QED) is 0.891. The van der Waals surface area contributed by atoms with Gasteiger partial charge in [0.1, 0.15) is 0 Å². The van der Waals surface area contributed by atoms with E-state index in [0.29, 0.717) is 6.54 Å². The molecule has 23 heavy (non-hydrogen) atoms. The zero-order valence-electron chi connectivity index (χ0n) is 13.5. The maximum atomic E-state index is 13.7. The molecule has 0 radical (unpaired) electrons. The highest BCUT2D eigenvalue weighted by Gasteiger charge is 2.16. The lowest BCUT2D eigenvalue weighted by molar-refractivity contribution is 0.0941. The van der Waals surface area contributed by atoms with Crippen LogP contribution in [0.25, 0.3) is 0 Å². The van der Waals surface area contributed by atoms with Crippen molar-refractivity contribution in [3.05, 3.63) is 65.5 Å². The molecule has 2 rings (SSSR count). The van der Waals surface area contributed by atoms with Crippen LogP contribution in [0.5, 0.6) is 5.75 Å². The first-order valence-electron chi connectivity index (χ1n) is 7.36. The van der Waals surface area contributed by atoms with Crippen LogP contribution in [0.4, 0.5) is 4.39 Å². The summed E-state index contributed by atoms with van der Waals surface area (Å²) in [4.78, 5) is 14.2. The van der Waals surface area contributed by atoms with Crippen molar-refractivity contribution >= 4 is 5.91 Å². The van der Waals surface area contributed by atoms with Crippen LogP contribution in [0, 0.1) is 5.82 Å². The van der Waals surface area contributed by atoms with Gasteiger partial charge in [0, 0.05) is 12.1 Å². The van der Waals surface area contributed by atoms with Gasteiger partial charge in [-0.15, -0.1) is 0 Å². The molecule has 0 spiro atoms. The molecule has 0 bridgehead atoms. The first-order valence-corrected chi connectivity index (χ1v) is 7.36. The molecule has 2 aromatic rings. The van der Waals surface area contributed by atoms with Gasteiger partial charge < -0.3 is 15.0 Å². The summed E-state index contributed by atoms with van der Waals surface area (Å²) < 4.78 is 18.5. The fourth-order valence-electron chi connectivity index (χ4n) is 2.37. The molecule has 2 aromatic carbocycles. The topological polar surface area (TPSA) is 41.6 Å². The van der Waals surface area contributed by atoms with Crippen LogP contribution in [-0.4, -0.2) is 38.6 Å². The number of hydrogen-bond acceptors (Lipinski definition) is 3. The summed E-state index contributed by atoms with van der Waals surface area (Å²) in [5.41, 5.74) is 1.38. The third kappa shape index (κ3) is 4.29. The fourth-order valence-corrected chi connectivity index (χ4v) is 2.37. The molecule has 0 aliphatic carbocycles. The molecule has 5 heteroatoms. The van der Waals surface area contributed by atoms with Crippen molar-refractivity contribution in [3.8, 4) is 5.75 Å². The van der Waals surface area contributed by atoms with Crippen LogP contribution in [0.15, 0.2) is 48.5 Å². The predicted molar refractivity (Wildman–Crippen MR) is 88.2 cm³/mol. The highest BCUT2D eigenvalue weighted by atomic mass is 19.1. The number of carbonyl (C=O) groups is 1. The number of nitrogens with zero attached hydrogens (tertiary/aromatic N) is 1. The van der Waals surface area contributed by atoms with E-state index in [9.17, 15) is 9.18 Å². The largest absolute Gasteiger partial charge is 0.494 e. The first kappa shape index (κ1) is 17.0. The number of halogens is 1. The Hall–Kier alpha value is -2.40. The van der Waals surface area contributed by atoms with Crippen molar-refractivity contribution in [1.29, 1.82) is 0 Å². The molecule has 0 aliphatic heterocycles. The van der Waals surface area contributed by atoms with Gasteiger partial charge in [0.15, 0.2) is 11.6 Å². The van der Waals surface area contributed by atoms with E-state index in [1.54, 1.807) is 6.07 Å². The van der Waals surface area contributed by atoms with Crippen molar-refractivity contribution < 1.29 is 13.9 Å². The van der Waals surface area contributed by atoms with Crippen molar-refractivity contribution in [2.24, 2.45) is 0 Å². The van der Waals surface area contributed by atoms with Gasteiger partial charge in [-0.2, -0.15) is 0 Å². The Labute approximate surface area is 135 Å². The van der Waals surface area contributed by atoms with Gasteiger partial charge >= 0.3 is 0 Å². The second-order valence-electron chi connectivity index (χ2n) is 5.45. The highest BCUT2D eigenvalue weighted by molar-refractivity contribution is 5.94. The molecule has 0 aromatic heterocycles. The van der Waals surface area contributed by atoms with Crippen molar-refractivity contribution in [1.82, 2.24) is 10.2 Å². The van der Waals surface area contributed by atoms with Gasteiger partial charge in [0.2, 0.25) is 0 Å². The maximum absolute atomic E-state index is 13.7. The molecule has 4 nitrogen and oxygen atoms in total. The van der Waals surface area contributed by atoms with E-state index < -0.39 is 5.82 Å². The number of rotatable bonds is 6. The van der Waals surface area contributed by atoms with Crippen LogP contribution in [-0.2, 0) is 0 Å². The Morgan fingerprint density at radius 1 is 1.22 bits per heavy atom. The fraction of sp³-hybridized carbons (Fsp3) is 0.278. The smallest absolute Gasteiger partial charge is 0.251 e. The lowest BCUT2D eigenvalue weighted by atomic mass is 10.1. The third-order valence-electron chi connectivity index (χ3n) is 3.68. The van der Waals surface area contributed by atoms with Crippen LogP contribution >= 0.6 is 0 Å². The predicted octanol–water partition coefficient (Wildman–Crippen LogP) is 2.87. The highest BCUT2D eigenvalue weighted by Crippen LogP contribution is 2.19. The Kier molecular flexibility index (Phi) is 5.71. The van der Waals surface area contributed by atoms with E-state index in [1.807, 2.05) is 49.3 Å². The summed E-state index contributed by atoms with van der Waals surface area (Å²) in [6, 6.07) is 14.1.